The normalized spacial score (nSPS) is 17.6. The Labute approximate surface area is 173 Å². The third-order valence-corrected chi connectivity index (χ3v) is 5.26. The number of hydrogen-bond donors (Lipinski definition) is 1. The highest BCUT2D eigenvalue weighted by Crippen LogP contribution is 2.31. The Morgan fingerprint density at radius 2 is 2.00 bits per heavy atom. The van der Waals surface area contributed by atoms with E-state index >= 15 is 0 Å². The van der Waals surface area contributed by atoms with Crippen molar-refractivity contribution in [3.63, 3.8) is 0 Å². The lowest BCUT2D eigenvalue weighted by Crippen LogP contribution is -2.13. The Balaban J connectivity index is 1.68. The summed E-state index contributed by atoms with van der Waals surface area (Å²) in [6.45, 7) is 4.83. The number of rotatable bonds is 0. The zero-order valence-corrected chi connectivity index (χ0v) is 17.1. The van der Waals surface area contributed by atoms with Gasteiger partial charge in [-0.2, -0.15) is 10.2 Å². The van der Waals surface area contributed by atoms with E-state index in [1.807, 2.05) is 62.1 Å². The van der Waals surface area contributed by atoms with E-state index in [-0.39, 0.29) is 6.10 Å². The molecule has 152 valence electrons. The van der Waals surface area contributed by atoms with Crippen molar-refractivity contribution < 1.29 is 9.47 Å². The fourth-order valence-corrected chi connectivity index (χ4v) is 3.76. The first kappa shape index (κ1) is 18.5. The van der Waals surface area contributed by atoms with Crippen LogP contribution in [-0.2, 0) is 11.8 Å². The summed E-state index contributed by atoms with van der Waals surface area (Å²) >= 11 is 0. The summed E-state index contributed by atoms with van der Waals surface area (Å²) in [6, 6.07) is 5.91. The molecule has 5 rings (SSSR count). The molecule has 1 aliphatic heterocycles. The fourth-order valence-electron chi connectivity index (χ4n) is 3.76. The van der Waals surface area contributed by atoms with Gasteiger partial charge < -0.3 is 9.47 Å². The molecular formula is C22H22N6O2. The number of nitrogens with zero attached hydrogens (tertiary/aromatic N) is 5. The summed E-state index contributed by atoms with van der Waals surface area (Å²) in [5.74, 6) is 0.714. The van der Waals surface area contributed by atoms with Crippen molar-refractivity contribution in [1.82, 2.24) is 29.9 Å². The van der Waals surface area contributed by atoms with Gasteiger partial charge in [-0.25, -0.2) is 4.98 Å². The van der Waals surface area contributed by atoms with Crippen LogP contribution in [0, 0.1) is 6.92 Å². The van der Waals surface area contributed by atoms with Crippen molar-refractivity contribution in [3.05, 3.63) is 53.4 Å². The van der Waals surface area contributed by atoms with Crippen LogP contribution in [0.3, 0.4) is 0 Å². The van der Waals surface area contributed by atoms with Crippen LogP contribution in [-0.4, -0.2) is 43.2 Å². The third kappa shape index (κ3) is 3.25. The van der Waals surface area contributed by atoms with E-state index < -0.39 is 0 Å². The number of pyridine rings is 2. The Morgan fingerprint density at radius 3 is 2.90 bits per heavy atom. The summed E-state index contributed by atoms with van der Waals surface area (Å²) in [4.78, 5) is 9.24. The largest absolute Gasteiger partial charge is 0.489 e. The number of aromatic nitrogens is 6. The number of fused-ring (bicyclic) bond motifs is 4. The molecule has 30 heavy (non-hydrogen) atoms. The monoisotopic (exact) mass is 402 g/mol. The fraction of sp³-hybridized carbons (Fsp3) is 0.273. The van der Waals surface area contributed by atoms with Gasteiger partial charge in [0, 0.05) is 23.7 Å². The van der Waals surface area contributed by atoms with E-state index in [0.717, 1.165) is 44.9 Å². The molecule has 1 N–H and O–H groups in total. The molecule has 4 aromatic heterocycles. The molecule has 0 aliphatic carbocycles. The van der Waals surface area contributed by atoms with E-state index in [2.05, 4.69) is 25.3 Å². The molecule has 5 heterocycles. The second-order valence-electron chi connectivity index (χ2n) is 7.32. The molecule has 0 saturated carbocycles. The lowest BCUT2D eigenvalue weighted by atomic mass is 10.1. The van der Waals surface area contributed by atoms with Crippen LogP contribution in [0.25, 0.3) is 34.3 Å². The third-order valence-electron chi connectivity index (χ3n) is 5.26. The van der Waals surface area contributed by atoms with E-state index in [1.54, 1.807) is 6.20 Å². The smallest absolute Gasteiger partial charge is 0.145 e. The van der Waals surface area contributed by atoms with Crippen molar-refractivity contribution in [2.24, 2.45) is 7.05 Å². The molecule has 1 atom stereocenters. The molecule has 0 fully saturated rings. The van der Waals surface area contributed by atoms with Crippen LogP contribution in [0.2, 0.25) is 0 Å². The summed E-state index contributed by atoms with van der Waals surface area (Å²) in [6.07, 6.45) is 7.33. The molecule has 8 heteroatoms. The van der Waals surface area contributed by atoms with Gasteiger partial charge in [-0.3, -0.25) is 14.8 Å². The number of aromatic amines is 1. The maximum Gasteiger partial charge on any atom is 0.145 e. The highest BCUT2D eigenvalue weighted by molar-refractivity contribution is 5.91. The second-order valence-corrected chi connectivity index (χ2v) is 7.32. The first-order chi connectivity index (χ1) is 14.6. The van der Waals surface area contributed by atoms with E-state index in [1.165, 1.54) is 0 Å². The van der Waals surface area contributed by atoms with Crippen LogP contribution in [0.15, 0.2) is 30.6 Å². The van der Waals surface area contributed by atoms with Crippen LogP contribution in [0.4, 0.5) is 0 Å². The highest BCUT2D eigenvalue weighted by atomic mass is 16.5. The van der Waals surface area contributed by atoms with Gasteiger partial charge >= 0.3 is 0 Å². The van der Waals surface area contributed by atoms with Gasteiger partial charge in [0.15, 0.2) is 0 Å². The number of nitrogens with one attached hydrogen (secondary N) is 1. The lowest BCUT2D eigenvalue weighted by molar-refractivity contribution is 0.0396. The van der Waals surface area contributed by atoms with Crippen molar-refractivity contribution in [1.29, 1.82) is 0 Å². The summed E-state index contributed by atoms with van der Waals surface area (Å²) in [7, 11) is 1.91. The molecule has 0 saturated heterocycles. The topological polar surface area (TPSA) is 90.7 Å². The minimum absolute atomic E-state index is 0.170. The Bertz CT molecular complexity index is 1260. The first-order valence-electron chi connectivity index (χ1n) is 9.86. The number of ether oxygens (including phenoxy) is 2. The van der Waals surface area contributed by atoms with E-state index in [9.17, 15) is 0 Å². The summed E-state index contributed by atoms with van der Waals surface area (Å²) < 4.78 is 13.9. The molecule has 4 aromatic rings. The number of aryl methyl sites for hydroxylation is 2. The quantitative estimate of drug-likeness (QED) is 0.482. The van der Waals surface area contributed by atoms with Crippen LogP contribution < -0.4 is 4.74 Å². The van der Waals surface area contributed by atoms with Gasteiger partial charge in [0.1, 0.15) is 18.1 Å². The molecular weight excluding hydrogens is 380 g/mol. The standard InChI is InChI=1S/C22H22N6O2/c1-13-4-7-21-18(25-13)6-5-17-15-10-19(23-12-20(15)27-26-17)16-11-24-28(3)22(16)14(2)29-8-9-30-21/h4-7,10-12,14H,8-9H2,1-3H3,(H,26,27)/b6-5+. The minimum atomic E-state index is -0.170. The van der Waals surface area contributed by atoms with E-state index in [4.69, 9.17) is 9.47 Å². The van der Waals surface area contributed by atoms with Crippen LogP contribution in [0.1, 0.15) is 35.8 Å². The van der Waals surface area contributed by atoms with Gasteiger partial charge in [-0.15, -0.1) is 0 Å². The van der Waals surface area contributed by atoms with Crippen molar-refractivity contribution in [3.8, 4) is 17.0 Å². The zero-order chi connectivity index (χ0) is 20.7. The highest BCUT2D eigenvalue weighted by Gasteiger charge is 2.20. The molecule has 0 radical (unpaired) electrons. The van der Waals surface area contributed by atoms with Crippen molar-refractivity contribution >= 4 is 23.1 Å². The maximum absolute atomic E-state index is 6.06. The molecule has 2 bridgehead atoms. The lowest BCUT2D eigenvalue weighted by Gasteiger charge is -2.16. The molecule has 1 unspecified atom stereocenters. The van der Waals surface area contributed by atoms with Gasteiger partial charge in [0.2, 0.25) is 0 Å². The Hall–Kier alpha value is -3.52. The second kappa shape index (κ2) is 7.38. The SMILES string of the molecule is Cc1ccc2c(n1)/C=C/c1n[nH]c3cnc(cc13)-c1cnn(C)c1C(C)OCCO2. The van der Waals surface area contributed by atoms with Crippen molar-refractivity contribution in [2.45, 2.75) is 20.0 Å². The van der Waals surface area contributed by atoms with Crippen LogP contribution in [0.5, 0.6) is 5.75 Å². The molecule has 0 spiro atoms. The Kier molecular flexibility index (Phi) is 4.55. The zero-order valence-electron chi connectivity index (χ0n) is 17.1. The van der Waals surface area contributed by atoms with E-state index in [0.29, 0.717) is 19.0 Å². The molecule has 0 amide bonds. The average molecular weight is 402 g/mol. The van der Waals surface area contributed by atoms with Gasteiger partial charge in [-0.1, -0.05) is 0 Å². The first-order valence-corrected chi connectivity index (χ1v) is 9.86. The summed E-state index contributed by atoms with van der Waals surface area (Å²) in [5.41, 5.74) is 6.10. The predicted octanol–water partition coefficient (Wildman–Crippen LogP) is 3.70. The van der Waals surface area contributed by atoms with Crippen LogP contribution >= 0.6 is 0 Å². The Morgan fingerprint density at radius 1 is 1.13 bits per heavy atom. The van der Waals surface area contributed by atoms with Gasteiger partial charge in [0.25, 0.3) is 0 Å². The van der Waals surface area contributed by atoms with Gasteiger partial charge in [-0.05, 0) is 44.2 Å². The minimum Gasteiger partial charge on any atom is -0.489 e. The molecule has 0 aromatic carbocycles. The average Bonchev–Trinajstić information content (AvgIpc) is 3.32. The predicted molar refractivity (Wildman–Crippen MR) is 114 cm³/mol. The number of hydrogen-bond acceptors (Lipinski definition) is 6. The van der Waals surface area contributed by atoms with Gasteiger partial charge in [0.05, 0.1) is 47.7 Å². The summed E-state index contributed by atoms with van der Waals surface area (Å²) in [5, 5.41) is 12.9. The molecule has 8 nitrogen and oxygen atoms in total. The maximum atomic E-state index is 6.06. The van der Waals surface area contributed by atoms with Crippen molar-refractivity contribution in [2.75, 3.05) is 13.2 Å². The number of H-pyrrole nitrogens is 1. The molecule has 1 aliphatic rings.